The molecule has 1 aliphatic carbocycles. The summed E-state index contributed by atoms with van der Waals surface area (Å²) in [6, 6.07) is 9.23. The van der Waals surface area contributed by atoms with Crippen molar-refractivity contribution in [2.45, 2.75) is 64.0 Å². The third-order valence-electron chi connectivity index (χ3n) is 3.96. The summed E-state index contributed by atoms with van der Waals surface area (Å²) >= 11 is 3.56. The lowest BCUT2D eigenvalue weighted by molar-refractivity contribution is 0.0495. The van der Waals surface area contributed by atoms with E-state index in [2.05, 4.69) is 52.4 Å². The highest BCUT2D eigenvalue weighted by Crippen LogP contribution is 2.24. The summed E-state index contributed by atoms with van der Waals surface area (Å²) in [5.41, 5.74) is 1.27. The van der Waals surface area contributed by atoms with Crippen molar-refractivity contribution in [1.29, 1.82) is 0 Å². The summed E-state index contributed by atoms with van der Waals surface area (Å²) in [5, 5.41) is 3.60. The molecule has 1 aromatic carbocycles. The summed E-state index contributed by atoms with van der Waals surface area (Å²) in [4.78, 5) is 0. The summed E-state index contributed by atoms with van der Waals surface area (Å²) in [7, 11) is 0. The van der Waals surface area contributed by atoms with Crippen molar-refractivity contribution in [3.8, 4) is 0 Å². The van der Waals surface area contributed by atoms with Crippen LogP contribution in [0.5, 0.6) is 0 Å². The monoisotopic (exact) mass is 353 g/mol. The summed E-state index contributed by atoms with van der Waals surface area (Å²) < 4.78 is 7.29. The van der Waals surface area contributed by atoms with Crippen molar-refractivity contribution < 1.29 is 4.74 Å². The SMILES string of the molecule is CCCCCCCOC(CNC1CC1)c1cccc(Br)c1. The van der Waals surface area contributed by atoms with Gasteiger partial charge in [0, 0.05) is 23.7 Å². The first-order valence-electron chi connectivity index (χ1n) is 8.40. The zero-order valence-corrected chi connectivity index (χ0v) is 14.7. The molecule has 0 saturated heterocycles. The zero-order valence-electron chi connectivity index (χ0n) is 13.1. The van der Waals surface area contributed by atoms with Gasteiger partial charge in [0.05, 0.1) is 6.10 Å². The van der Waals surface area contributed by atoms with Crippen LogP contribution in [0.2, 0.25) is 0 Å². The number of hydrogen-bond donors (Lipinski definition) is 1. The van der Waals surface area contributed by atoms with Gasteiger partial charge >= 0.3 is 0 Å². The zero-order chi connectivity index (χ0) is 14.9. The van der Waals surface area contributed by atoms with Crippen LogP contribution in [0.15, 0.2) is 28.7 Å². The molecule has 1 atom stereocenters. The van der Waals surface area contributed by atoms with Crippen LogP contribution in [-0.2, 0) is 4.74 Å². The highest BCUT2D eigenvalue weighted by molar-refractivity contribution is 9.10. The van der Waals surface area contributed by atoms with Gasteiger partial charge in [-0.1, -0.05) is 60.7 Å². The molecule has 3 heteroatoms. The smallest absolute Gasteiger partial charge is 0.0949 e. The molecule has 1 unspecified atom stereocenters. The summed E-state index contributed by atoms with van der Waals surface area (Å²) in [6.45, 7) is 4.05. The van der Waals surface area contributed by atoms with Crippen LogP contribution in [-0.4, -0.2) is 19.2 Å². The van der Waals surface area contributed by atoms with E-state index in [1.54, 1.807) is 0 Å². The Hall–Kier alpha value is -0.380. The lowest BCUT2D eigenvalue weighted by Gasteiger charge is -2.19. The second kappa shape index (κ2) is 9.60. The molecule has 0 bridgehead atoms. The van der Waals surface area contributed by atoms with Gasteiger partial charge in [0.2, 0.25) is 0 Å². The molecule has 1 N–H and O–H groups in total. The average molecular weight is 354 g/mol. The highest BCUT2D eigenvalue weighted by Gasteiger charge is 2.22. The molecule has 1 aliphatic rings. The van der Waals surface area contributed by atoms with Crippen molar-refractivity contribution in [3.63, 3.8) is 0 Å². The van der Waals surface area contributed by atoms with Crippen LogP contribution in [0.4, 0.5) is 0 Å². The molecule has 118 valence electrons. The van der Waals surface area contributed by atoms with Crippen molar-refractivity contribution in [1.82, 2.24) is 5.32 Å². The molecular formula is C18H28BrNO. The molecule has 1 fully saturated rings. The molecule has 0 radical (unpaired) electrons. The van der Waals surface area contributed by atoms with E-state index < -0.39 is 0 Å². The van der Waals surface area contributed by atoms with Crippen molar-refractivity contribution >= 4 is 15.9 Å². The Morgan fingerprint density at radius 2 is 2.05 bits per heavy atom. The Morgan fingerprint density at radius 3 is 2.76 bits per heavy atom. The van der Waals surface area contributed by atoms with Crippen LogP contribution in [0.3, 0.4) is 0 Å². The van der Waals surface area contributed by atoms with Crippen molar-refractivity contribution in [3.05, 3.63) is 34.3 Å². The normalized spacial score (nSPS) is 16.1. The fraction of sp³-hybridized carbons (Fsp3) is 0.667. The third kappa shape index (κ3) is 6.94. The van der Waals surface area contributed by atoms with Gasteiger partial charge in [0.25, 0.3) is 0 Å². The predicted molar refractivity (Wildman–Crippen MR) is 92.6 cm³/mol. The maximum absolute atomic E-state index is 6.16. The molecule has 21 heavy (non-hydrogen) atoms. The molecular weight excluding hydrogens is 326 g/mol. The molecule has 1 aromatic rings. The number of nitrogens with one attached hydrogen (secondary N) is 1. The van der Waals surface area contributed by atoms with E-state index in [0.29, 0.717) is 0 Å². The Morgan fingerprint density at radius 1 is 1.24 bits per heavy atom. The largest absolute Gasteiger partial charge is 0.372 e. The number of ether oxygens (including phenoxy) is 1. The first-order valence-corrected chi connectivity index (χ1v) is 9.19. The molecule has 0 heterocycles. The van der Waals surface area contributed by atoms with Crippen LogP contribution in [0.25, 0.3) is 0 Å². The van der Waals surface area contributed by atoms with Crippen LogP contribution in [0.1, 0.15) is 63.5 Å². The summed E-state index contributed by atoms with van der Waals surface area (Å²) in [5.74, 6) is 0. The molecule has 1 saturated carbocycles. The van der Waals surface area contributed by atoms with E-state index in [9.17, 15) is 0 Å². The van der Waals surface area contributed by atoms with Crippen molar-refractivity contribution in [2.75, 3.05) is 13.2 Å². The Labute approximate surface area is 137 Å². The standard InChI is InChI=1S/C18H28BrNO/c1-2-3-4-5-6-12-21-18(14-20-17-10-11-17)15-8-7-9-16(19)13-15/h7-9,13,17-18,20H,2-6,10-12,14H2,1H3. The third-order valence-corrected chi connectivity index (χ3v) is 4.45. The number of benzene rings is 1. The molecule has 2 rings (SSSR count). The minimum atomic E-state index is 0.175. The fourth-order valence-electron chi connectivity index (χ4n) is 2.47. The van der Waals surface area contributed by atoms with Gasteiger partial charge in [0.15, 0.2) is 0 Å². The minimum Gasteiger partial charge on any atom is -0.372 e. The Balaban J connectivity index is 1.77. The van der Waals surface area contributed by atoms with Gasteiger partial charge in [-0.25, -0.2) is 0 Å². The highest BCUT2D eigenvalue weighted by atomic mass is 79.9. The van der Waals surface area contributed by atoms with E-state index in [1.165, 1.54) is 50.5 Å². The maximum atomic E-state index is 6.16. The lowest BCUT2D eigenvalue weighted by Crippen LogP contribution is -2.25. The predicted octanol–water partition coefficient (Wildman–Crippen LogP) is 5.23. The van der Waals surface area contributed by atoms with Gasteiger partial charge in [-0.15, -0.1) is 0 Å². The van der Waals surface area contributed by atoms with Gasteiger partial charge in [-0.2, -0.15) is 0 Å². The van der Waals surface area contributed by atoms with E-state index in [-0.39, 0.29) is 6.10 Å². The first-order chi connectivity index (χ1) is 10.3. The van der Waals surface area contributed by atoms with Crippen molar-refractivity contribution in [2.24, 2.45) is 0 Å². The maximum Gasteiger partial charge on any atom is 0.0949 e. The Bertz CT molecular complexity index is 406. The van der Waals surface area contributed by atoms with Crippen LogP contribution in [0, 0.1) is 0 Å². The first kappa shape index (κ1) is 17.0. The van der Waals surface area contributed by atoms with E-state index in [0.717, 1.165) is 23.7 Å². The number of rotatable bonds is 11. The van der Waals surface area contributed by atoms with E-state index in [1.807, 2.05) is 0 Å². The number of halogens is 1. The second-order valence-corrected chi connectivity index (χ2v) is 6.93. The molecule has 2 nitrogen and oxygen atoms in total. The molecule has 0 aromatic heterocycles. The van der Waals surface area contributed by atoms with E-state index in [4.69, 9.17) is 4.74 Å². The second-order valence-electron chi connectivity index (χ2n) is 6.01. The van der Waals surface area contributed by atoms with E-state index >= 15 is 0 Å². The quantitative estimate of drug-likeness (QED) is 0.550. The van der Waals surface area contributed by atoms with Gasteiger partial charge < -0.3 is 10.1 Å². The fourth-order valence-corrected chi connectivity index (χ4v) is 2.89. The van der Waals surface area contributed by atoms with Crippen LogP contribution >= 0.6 is 15.9 Å². The van der Waals surface area contributed by atoms with Crippen LogP contribution < -0.4 is 5.32 Å². The molecule has 0 aliphatic heterocycles. The topological polar surface area (TPSA) is 21.3 Å². The summed E-state index contributed by atoms with van der Waals surface area (Å²) in [6.07, 6.45) is 9.26. The number of hydrogen-bond acceptors (Lipinski definition) is 2. The average Bonchev–Trinajstić information content (AvgIpc) is 3.30. The lowest BCUT2D eigenvalue weighted by atomic mass is 10.1. The van der Waals surface area contributed by atoms with Gasteiger partial charge in [-0.05, 0) is 37.0 Å². The molecule has 0 spiro atoms. The van der Waals surface area contributed by atoms with Gasteiger partial charge in [0.1, 0.15) is 0 Å². The van der Waals surface area contributed by atoms with Gasteiger partial charge in [-0.3, -0.25) is 0 Å². The Kier molecular flexibility index (Phi) is 7.76. The minimum absolute atomic E-state index is 0.175. The number of unbranched alkanes of at least 4 members (excludes halogenated alkanes) is 4. The molecule has 0 amide bonds.